The number of rotatable bonds is 3. The Morgan fingerprint density at radius 2 is 2.29 bits per heavy atom. The highest BCUT2D eigenvalue weighted by Gasteiger charge is 2.24. The first-order chi connectivity index (χ1) is 10.2. The molecule has 1 N–H and O–H groups in total. The van der Waals surface area contributed by atoms with Crippen molar-refractivity contribution in [3.8, 4) is 0 Å². The number of nitrogens with one attached hydrogen (secondary N) is 1. The molecule has 2 aromatic rings. The quantitative estimate of drug-likeness (QED) is 0.922. The Kier molecular flexibility index (Phi) is 4.63. The number of benzene rings is 1. The Labute approximate surface area is 132 Å². The fourth-order valence-electron chi connectivity index (χ4n) is 2.72. The van der Waals surface area contributed by atoms with E-state index in [9.17, 15) is 4.39 Å². The van der Waals surface area contributed by atoms with Gasteiger partial charge in [-0.2, -0.15) is 0 Å². The summed E-state index contributed by atoms with van der Waals surface area (Å²) in [5, 5.41) is 3.40. The average Bonchev–Trinajstić information content (AvgIpc) is 2.52. The van der Waals surface area contributed by atoms with E-state index in [1.54, 1.807) is 12.3 Å². The van der Waals surface area contributed by atoms with Gasteiger partial charge >= 0.3 is 0 Å². The van der Waals surface area contributed by atoms with E-state index in [4.69, 9.17) is 0 Å². The first-order valence-electron chi connectivity index (χ1n) is 7.02. The molecule has 2 heterocycles. The van der Waals surface area contributed by atoms with Crippen molar-refractivity contribution in [2.75, 3.05) is 19.6 Å². The zero-order valence-electron chi connectivity index (χ0n) is 11.6. The van der Waals surface area contributed by atoms with E-state index in [0.29, 0.717) is 6.54 Å². The van der Waals surface area contributed by atoms with E-state index in [0.717, 1.165) is 29.7 Å². The lowest BCUT2D eigenvalue weighted by atomic mass is 10.0. The first kappa shape index (κ1) is 14.6. The van der Waals surface area contributed by atoms with Crippen LogP contribution in [0.5, 0.6) is 0 Å². The van der Waals surface area contributed by atoms with Crippen LogP contribution >= 0.6 is 15.9 Å². The molecule has 5 heteroatoms. The molecule has 1 aromatic heterocycles. The maximum absolute atomic E-state index is 14.0. The van der Waals surface area contributed by atoms with E-state index in [-0.39, 0.29) is 11.9 Å². The number of aromatic nitrogens is 1. The van der Waals surface area contributed by atoms with Crippen molar-refractivity contribution in [1.82, 2.24) is 15.2 Å². The number of piperazine rings is 1. The van der Waals surface area contributed by atoms with Gasteiger partial charge in [-0.1, -0.05) is 22.0 Å². The van der Waals surface area contributed by atoms with Gasteiger partial charge in [-0.15, -0.1) is 0 Å². The normalized spacial score (nSPS) is 19.6. The van der Waals surface area contributed by atoms with Crippen molar-refractivity contribution in [1.29, 1.82) is 0 Å². The number of pyridine rings is 1. The number of nitrogens with zero attached hydrogens (tertiary/aromatic N) is 2. The average molecular weight is 350 g/mol. The number of hydrogen-bond acceptors (Lipinski definition) is 3. The van der Waals surface area contributed by atoms with Crippen LogP contribution in [0, 0.1) is 5.82 Å². The van der Waals surface area contributed by atoms with E-state index < -0.39 is 0 Å². The van der Waals surface area contributed by atoms with Crippen LogP contribution in [0.3, 0.4) is 0 Å². The molecule has 3 nitrogen and oxygen atoms in total. The molecule has 0 aliphatic carbocycles. The summed E-state index contributed by atoms with van der Waals surface area (Å²) in [7, 11) is 0. The number of halogens is 2. The minimum atomic E-state index is -0.151. The van der Waals surface area contributed by atoms with Crippen molar-refractivity contribution in [2.45, 2.75) is 12.6 Å². The van der Waals surface area contributed by atoms with E-state index in [1.807, 2.05) is 18.3 Å². The van der Waals surface area contributed by atoms with E-state index >= 15 is 0 Å². The second-order valence-corrected chi connectivity index (χ2v) is 6.13. The van der Waals surface area contributed by atoms with Gasteiger partial charge in [-0.05, 0) is 29.8 Å². The lowest BCUT2D eigenvalue weighted by molar-refractivity contribution is 0.151. The summed E-state index contributed by atoms with van der Waals surface area (Å²) in [5.41, 5.74) is 1.89. The van der Waals surface area contributed by atoms with Crippen LogP contribution in [-0.4, -0.2) is 29.5 Å². The molecule has 110 valence electrons. The first-order valence-corrected chi connectivity index (χ1v) is 7.82. The maximum Gasteiger partial charge on any atom is 0.127 e. The Bertz CT molecular complexity index is 606. The molecule has 1 aromatic carbocycles. The van der Waals surface area contributed by atoms with Crippen molar-refractivity contribution < 1.29 is 4.39 Å². The Morgan fingerprint density at radius 3 is 3.10 bits per heavy atom. The van der Waals surface area contributed by atoms with Gasteiger partial charge in [0.05, 0.1) is 0 Å². The molecule has 0 bridgehead atoms. The zero-order chi connectivity index (χ0) is 14.7. The van der Waals surface area contributed by atoms with Crippen molar-refractivity contribution >= 4 is 15.9 Å². The van der Waals surface area contributed by atoms with Crippen LogP contribution in [0.4, 0.5) is 4.39 Å². The van der Waals surface area contributed by atoms with Gasteiger partial charge in [0.1, 0.15) is 5.82 Å². The Hall–Kier alpha value is -1.30. The third-order valence-electron chi connectivity index (χ3n) is 3.80. The second kappa shape index (κ2) is 6.64. The minimum absolute atomic E-state index is 0.151. The molecular weight excluding hydrogens is 333 g/mol. The van der Waals surface area contributed by atoms with Crippen LogP contribution in [0.2, 0.25) is 0 Å². The van der Waals surface area contributed by atoms with Gasteiger partial charge in [0.2, 0.25) is 0 Å². The standard InChI is InChI=1S/C16H17BrFN3/c17-14-3-4-15(18)13(8-14)11-21-7-6-20-10-16(21)12-2-1-5-19-9-12/h1-5,8-9,16,20H,6-7,10-11H2. The SMILES string of the molecule is Fc1ccc(Br)cc1CN1CCNCC1c1cccnc1. The predicted octanol–water partition coefficient (Wildman–Crippen LogP) is 3.13. The third kappa shape index (κ3) is 3.48. The molecule has 1 fully saturated rings. The predicted molar refractivity (Wildman–Crippen MR) is 84.4 cm³/mol. The smallest absolute Gasteiger partial charge is 0.127 e. The lowest BCUT2D eigenvalue weighted by Gasteiger charge is -2.36. The van der Waals surface area contributed by atoms with Crippen LogP contribution in [0.25, 0.3) is 0 Å². The van der Waals surface area contributed by atoms with Crippen LogP contribution in [-0.2, 0) is 6.54 Å². The maximum atomic E-state index is 14.0. The summed E-state index contributed by atoms with van der Waals surface area (Å²) in [4.78, 5) is 6.50. The van der Waals surface area contributed by atoms with Crippen LogP contribution in [0.15, 0.2) is 47.2 Å². The van der Waals surface area contributed by atoms with Gasteiger partial charge < -0.3 is 5.32 Å². The van der Waals surface area contributed by atoms with Gasteiger partial charge in [-0.25, -0.2) is 4.39 Å². The highest BCUT2D eigenvalue weighted by Crippen LogP contribution is 2.25. The fraction of sp³-hybridized carbons (Fsp3) is 0.312. The number of hydrogen-bond donors (Lipinski definition) is 1. The molecule has 1 unspecified atom stereocenters. The molecule has 21 heavy (non-hydrogen) atoms. The van der Waals surface area contributed by atoms with E-state index in [1.165, 1.54) is 11.6 Å². The molecule has 1 aliphatic rings. The summed E-state index contributed by atoms with van der Waals surface area (Å²) in [6, 6.07) is 9.36. The summed E-state index contributed by atoms with van der Waals surface area (Å²) in [6.07, 6.45) is 3.67. The van der Waals surface area contributed by atoms with Crippen LogP contribution in [0.1, 0.15) is 17.2 Å². The molecule has 1 saturated heterocycles. The summed E-state index contributed by atoms with van der Waals surface area (Å²) >= 11 is 3.41. The van der Waals surface area contributed by atoms with Crippen molar-refractivity contribution in [3.05, 3.63) is 64.1 Å². The molecule has 1 aliphatic heterocycles. The molecule has 1 atom stereocenters. The highest BCUT2D eigenvalue weighted by molar-refractivity contribution is 9.10. The summed E-state index contributed by atoms with van der Waals surface area (Å²) in [5.74, 6) is -0.151. The monoisotopic (exact) mass is 349 g/mol. The molecule has 0 saturated carbocycles. The lowest BCUT2D eigenvalue weighted by Crippen LogP contribution is -2.45. The third-order valence-corrected chi connectivity index (χ3v) is 4.30. The van der Waals surface area contributed by atoms with Crippen molar-refractivity contribution in [3.63, 3.8) is 0 Å². The van der Waals surface area contributed by atoms with Gasteiger partial charge in [-0.3, -0.25) is 9.88 Å². The van der Waals surface area contributed by atoms with Crippen LogP contribution < -0.4 is 5.32 Å². The molecule has 0 spiro atoms. The van der Waals surface area contributed by atoms with Gasteiger partial charge in [0, 0.05) is 54.7 Å². The van der Waals surface area contributed by atoms with Gasteiger partial charge in [0.25, 0.3) is 0 Å². The second-order valence-electron chi connectivity index (χ2n) is 5.21. The zero-order valence-corrected chi connectivity index (χ0v) is 13.2. The molecule has 0 radical (unpaired) electrons. The summed E-state index contributed by atoms with van der Waals surface area (Å²) < 4.78 is 14.9. The largest absolute Gasteiger partial charge is 0.314 e. The topological polar surface area (TPSA) is 28.2 Å². The highest BCUT2D eigenvalue weighted by atomic mass is 79.9. The Morgan fingerprint density at radius 1 is 1.38 bits per heavy atom. The molecule has 0 amide bonds. The fourth-order valence-corrected chi connectivity index (χ4v) is 3.13. The molecular formula is C16H17BrFN3. The van der Waals surface area contributed by atoms with E-state index in [2.05, 4.69) is 37.2 Å². The van der Waals surface area contributed by atoms with Crippen molar-refractivity contribution in [2.24, 2.45) is 0 Å². The Balaban J connectivity index is 1.83. The minimum Gasteiger partial charge on any atom is -0.314 e. The van der Waals surface area contributed by atoms with Gasteiger partial charge in [0.15, 0.2) is 0 Å². The molecule has 3 rings (SSSR count). The summed E-state index contributed by atoms with van der Waals surface area (Å²) in [6.45, 7) is 3.28.